The minimum Gasteiger partial charge on any atom is -0.382 e. The van der Waals surface area contributed by atoms with Gasteiger partial charge in [0.05, 0.1) is 24.3 Å². The maximum Gasteiger partial charge on any atom is 0.146 e. The predicted molar refractivity (Wildman–Crippen MR) is 52.9 cm³/mol. The summed E-state index contributed by atoms with van der Waals surface area (Å²) in [4.78, 5) is 0. The Kier molecular flexibility index (Phi) is 2.84. The molecule has 4 nitrogen and oxygen atoms in total. The summed E-state index contributed by atoms with van der Waals surface area (Å²) in [5.74, 6) is 0.493. The topological polar surface area (TPSA) is 36.9 Å². The van der Waals surface area contributed by atoms with Crippen molar-refractivity contribution < 1.29 is 18.9 Å². The Hall–Kier alpha value is -0.0951. The van der Waals surface area contributed by atoms with E-state index in [4.69, 9.17) is 18.9 Å². The molecular formula is C9H17BO4. The first-order valence-corrected chi connectivity index (χ1v) is 5.01. The fourth-order valence-corrected chi connectivity index (χ4v) is 2.47. The van der Waals surface area contributed by atoms with Crippen molar-refractivity contribution in [3.63, 3.8) is 0 Å². The lowest BCUT2D eigenvalue weighted by atomic mass is 9.93. The minimum absolute atomic E-state index is 0.0490. The third-order valence-corrected chi connectivity index (χ3v) is 3.13. The molecule has 0 N–H and O–H groups in total. The second-order valence-electron chi connectivity index (χ2n) is 4.17. The molecule has 0 aromatic heterocycles. The second kappa shape index (κ2) is 3.81. The summed E-state index contributed by atoms with van der Waals surface area (Å²) in [7, 11) is 5.39. The van der Waals surface area contributed by atoms with E-state index in [0.29, 0.717) is 19.3 Å². The van der Waals surface area contributed by atoms with Gasteiger partial charge in [-0.2, -0.15) is 0 Å². The van der Waals surface area contributed by atoms with Gasteiger partial charge >= 0.3 is 0 Å². The van der Waals surface area contributed by atoms with Crippen molar-refractivity contribution in [2.75, 3.05) is 27.6 Å². The van der Waals surface area contributed by atoms with Crippen LogP contribution >= 0.6 is 0 Å². The molecule has 1 saturated heterocycles. The molecule has 1 heterocycles. The molecule has 0 aromatic carbocycles. The van der Waals surface area contributed by atoms with Gasteiger partial charge in [-0.3, -0.25) is 0 Å². The van der Waals surface area contributed by atoms with E-state index in [0.717, 1.165) is 6.42 Å². The van der Waals surface area contributed by atoms with Crippen LogP contribution in [0, 0.1) is 5.92 Å². The lowest BCUT2D eigenvalue weighted by molar-refractivity contribution is -0.0970. The van der Waals surface area contributed by atoms with Crippen molar-refractivity contribution in [2.45, 2.75) is 24.1 Å². The van der Waals surface area contributed by atoms with Crippen LogP contribution in [0.5, 0.6) is 0 Å². The van der Waals surface area contributed by atoms with Gasteiger partial charge in [0.2, 0.25) is 0 Å². The van der Waals surface area contributed by atoms with E-state index in [2.05, 4.69) is 0 Å². The Labute approximate surface area is 85.3 Å². The molecule has 1 unspecified atom stereocenters. The van der Waals surface area contributed by atoms with E-state index in [-0.39, 0.29) is 17.7 Å². The van der Waals surface area contributed by atoms with Crippen LogP contribution in [0.3, 0.4) is 0 Å². The van der Waals surface area contributed by atoms with Gasteiger partial charge in [0.1, 0.15) is 14.6 Å². The molecule has 0 amide bonds. The van der Waals surface area contributed by atoms with Crippen LogP contribution in [-0.4, -0.2) is 53.2 Å². The van der Waals surface area contributed by atoms with Gasteiger partial charge in [0, 0.05) is 20.1 Å². The first-order chi connectivity index (χ1) is 6.73. The van der Waals surface area contributed by atoms with Crippen LogP contribution in [0.15, 0.2) is 0 Å². The number of ether oxygens (including phenoxy) is 4. The largest absolute Gasteiger partial charge is 0.382 e. The quantitative estimate of drug-likeness (QED) is 0.437. The highest BCUT2D eigenvalue weighted by Gasteiger charge is 2.66. The third-order valence-electron chi connectivity index (χ3n) is 3.13. The van der Waals surface area contributed by atoms with Crippen LogP contribution in [-0.2, 0) is 18.9 Å². The molecule has 1 saturated carbocycles. The SMILES string of the molecule is B[C@@H]1O[C@@]2(COC)CC2[C@H]1OCOC. The monoisotopic (exact) mass is 200 g/mol. The zero-order chi connectivity index (χ0) is 10.2. The third kappa shape index (κ3) is 1.58. The Morgan fingerprint density at radius 1 is 1.43 bits per heavy atom. The highest BCUT2D eigenvalue weighted by Crippen LogP contribution is 2.56. The Morgan fingerprint density at radius 2 is 2.21 bits per heavy atom. The van der Waals surface area contributed by atoms with E-state index in [1.54, 1.807) is 14.2 Å². The van der Waals surface area contributed by atoms with Gasteiger partial charge in [0.15, 0.2) is 0 Å². The molecule has 1 aliphatic carbocycles. The molecule has 2 rings (SSSR count). The highest BCUT2D eigenvalue weighted by molar-refractivity contribution is 6.11. The molecule has 2 aliphatic rings. The zero-order valence-electron chi connectivity index (χ0n) is 8.99. The summed E-state index contributed by atoms with van der Waals surface area (Å²) < 4.78 is 21.5. The highest BCUT2D eigenvalue weighted by atomic mass is 16.7. The molecule has 0 radical (unpaired) electrons. The van der Waals surface area contributed by atoms with Crippen molar-refractivity contribution in [2.24, 2.45) is 5.92 Å². The molecule has 14 heavy (non-hydrogen) atoms. The molecule has 0 bridgehead atoms. The van der Waals surface area contributed by atoms with E-state index in [9.17, 15) is 0 Å². The summed E-state index contributed by atoms with van der Waals surface area (Å²) in [5.41, 5.74) is -0.0490. The van der Waals surface area contributed by atoms with Gasteiger partial charge in [0.25, 0.3) is 0 Å². The first-order valence-electron chi connectivity index (χ1n) is 5.01. The summed E-state index contributed by atoms with van der Waals surface area (Å²) >= 11 is 0. The lowest BCUT2D eigenvalue weighted by Gasteiger charge is -2.19. The van der Waals surface area contributed by atoms with Crippen molar-refractivity contribution in [3.05, 3.63) is 0 Å². The van der Waals surface area contributed by atoms with Gasteiger partial charge < -0.3 is 18.9 Å². The zero-order valence-corrected chi connectivity index (χ0v) is 8.99. The van der Waals surface area contributed by atoms with Crippen LogP contribution in [0.4, 0.5) is 0 Å². The first kappa shape index (κ1) is 10.4. The maximum atomic E-state index is 5.87. The van der Waals surface area contributed by atoms with Crippen LogP contribution < -0.4 is 0 Å². The number of hydrogen-bond donors (Lipinski definition) is 0. The number of hydrogen-bond acceptors (Lipinski definition) is 4. The summed E-state index contributed by atoms with van der Waals surface area (Å²) in [6.07, 6.45) is 1.23. The van der Waals surface area contributed by atoms with Gasteiger partial charge in [-0.1, -0.05) is 0 Å². The van der Waals surface area contributed by atoms with Crippen LogP contribution in [0.25, 0.3) is 0 Å². The summed E-state index contributed by atoms with van der Waals surface area (Å²) in [5, 5.41) is 0. The fourth-order valence-electron chi connectivity index (χ4n) is 2.47. The Morgan fingerprint density at radius 3 is 2.86 bits per heavy atom. The van der Waals surface area contributed by atoms with Crippen LogP contribution in [0.2, 0.25) is 0 Å². The van der Waals surface area contributed by atoms with Gasteiger partial charge in [-0.05, 0) is 6.42 Å². The molecule has 5 heteroatoms. The average Bonchev–Trinajstić information content (AvgIpc) is 2.74. The number of fused-ring (bicyclic) bond motifs is 1. The molecule has 0 aromatic rings. The van der Waals surface area contributed by atoms with E-state index in [1.807, 2.05) is 7.85 Å². The smallest absolute Gasteiger partial charge is 0.146 e. The minimum atomic E-state index is -0.0490. The van der Waals surface area contributed by atoms with Crippen molar-refractivity contribution in [1.29, 1.82) is 0 Å². The summed E-state index contributed by atoms with van der Waals surface area (Å²) in [6.45, 7) is 1.02. The van der Waals surface area contributed by atoms with Crippen molar-refractivity contribution >= 4 is 7.85 Å². The van der Waals surface area contributed by atoms with Crippen molar-refractivity contribution in [1.82, 2.24) is 0 Å². The molecule has 2 fully saturated rings. The van der Waals surface area contributed by atoms with E-state index < -0.39 is 0 Å². The number of rotatable bonds is 5. The summed E-state index contributed by atoms with van der Waals surface area (Å²) in [6, 6.07) is 0.152. The molecular weight excluding hydrogens is 183 g/mol. The number of methoxy groups -OCH3 is 2. The Balaban J connectivity index is 1.89. The maximum absolute atomic E-state index is 5.87. The normalized spacial score (nSPS) is 45.1. The molecule has 80 valence electrons. The lowest BCUT2D eigenvalue weighted by Crippen LogP contribution is -2.30. The standard InChI is InChI=1S/C9H17BO4/c1-11-4-9-3-6(9)7(8(10)14-9)13-5-12-2/h6-8H,3-5,10H2,1-2H3/t6?,7-,8-,9-/m1/s1. The Bertz CT molecular complexity index is 213. The molecule has 0 spiro atoms. The second-order valence-corrected chi connectivity index (χ2v) is 4.17. The van der Waals surface area contributed by atoms with Gasteiger partial charge in [-0.15, -0.1) is 0 Å². The molecule has 4 atom stereocenters. The average molecular weight is 200 g/mol. The fraction of sp³-hybridized carbons (Fsp3) is 1.00. The van der Waals surface area contributed by atoms with Crippen LogP contribution in [0.1, 0.15) is 6.42 Å². The van der Waals surface area contributed by atoms with E-state index in [1.165, 1.54) is 0 Å². The van der Waals surface area contributed by atoms with Gasteiger partial charge in [-0.25, -0.2) is 0 Å². The molecule has 1 aliphatic heterocycles. The van der Waals surface area contributed by atoms with Crippen molar-refractivity contribution in [3.8, 4) is 0 Å². The van der Waals surface area contributed by atoms with E-state index >= 15 is 0 Å². The predicted octanol–water partition coefficient (Wildman–Crippen LogP) is -0.630.